The molecule has 0 spiro atoms. The maximum Gasteiger partial charge on any atom is 0.0457 e. The average Bonchev–Trinajstić information content (AvgIpc) is 2.96. The van der Waals surface area contributed by atoms with Gasteiger partial charge in [0, 0.05) is 40.7 Å². The summed E-state index contributed by atoms with van der Waals surface area (Å²) in [4.78, 5) is 6.07. The second-order valence-electron chi connectivity index (χ2n) is 6.89. The predicted molar refractivity (Wildman–Crippen MR) is 103 cm³/mol. The van der Waals surface area contributed by atoms with Crippen LogP contribution in [0, 0.1) is 11.8 Å². The quantitative estimate of drug-likeness (QED) is 0.694. The molecule has 2 heterocycles. The molecule has 0 bridgehead atoms. The van der Waals surface area contributed by atoms with Crippen molar-refractivity contribution in [2.24, 2.45) is 11.8 Å². The number of rotatable bonds is 5. The van der Waals surface area contributed by atoms with Crippen molar-refractivity contribution >= 4 is 26.8 Å². The van der Waals surface area contributed by atoms with E-state index in [1.165, 1.54) is 29.3 Å². The van der Waals surface area contributed by atoms with E-state index in [0.29, 0.717) is 12.0 Å². The molecule has 1 saturated heterocycles. The largest absolute Gasteiger partial charge is 0.361 e. The van der Waals surface area contributed by atoms with Crippen molar-refractivity contribution in [1.29, 1.82) is 0 Å². The Morgan fingerprint density at radius 3 is 3.00 bits per heavy atom. The molecule has 0 saturated carbocycles. The zero-order valence-electron chi connectivity index (χ0n) is 14.2. The first-order valence-corrected chi connectivity index (χ1v) is 9.53. The van der Waals surface area contributed by atoms with Gasteiger partial charge in [-0.1, -0.05) is 35.4 Å². The molecule has 3 heteroatoms. The van der Waals surface area contributed by atoms with Gasteiger partial charge < -0.3 is 4.98 Å². The van der Waals surface area contributed by atoms with E-state index >= 15 is 0 Å². The van der Waals surface area contributed by atoms with E-state index in [-0.39, 0.29) is 0 Å². The van der Waals surface area contributed by atoms with Gasteiger partial charge in [0.2, 0.25) is 0 Å². The number of nitrogens with zero attached hydrogens (tertiary/aromatic N) is 1. The van der Waals surface area contributed by atoms with Crippen molar-refractivity contribution in [1.82, 2.24) is 9.88 Å². The SMILES string of the molecule is C=CC1CC(CC)C(C)N(CCc2c[nH]c3ccc(Br)cc23)C1. The lowest BCUT2D eigenvalue weighted by Gasteiger charge is -2.42. The third kappa shape index (κ3) is 3.56. The van der Waals surface area contributed by atoms with E-state index < -0.39 is 0 Å². The van der Waals surface area contributed by atoms with E-state index in [2.05, 4.69) is 76.7 Å². The van der Waals surface area contributed by atoms with E-state index in [1.807, 2.05) is 0 Å². The van der Waals surface area contributed by atoms with Crippen LogP contribution in [0.4, 0.5) is 0 Å². The first kappa shape index (κ1) is 16.8. The molecule has 0 amide bonds. The minimum absolute atomic E-state index is 0.647. The highest BCUT2D eigenvalue weighted by atomic mass is 79.9. The molecule has 1 N–H and O–H groups in total. The fourth-order valence-electron chi connectivity index (χ4n) is 4.02. The summed E-state index contributed by atoms with van der Waals surface area (Å²) in [6.07, 6.45) is 8.00. The third-order valence-corrected chi connectivity index (χ3v) is 6.08. The van der Waals surface area contributed by atoms with Crippen LogP contribution in [0.15, 0.2) is 41.5 Å². The number of aromatic amines is 1. The van der Waals surface area contributed by atoms with Gasteiger partial charge in [-0.3, -0.25) is 4.90 Å². The number of piperidine rings is 1. The van der Waals surface area contributed by atoms with Crippen molar-refractivity contribution in [3.05, 3.63) is 47.1 Å². The van der Waals surface area contributed by atoms with E-state index in [1.54, 1.807) is 0 Å². The molecule has 3 rings (SSSR count). The van der Waals surface area contributed by atoms with Gasteiger partial charge in [-0.05, 0) is 55.4 Å². The molecular weight excluding hydrogens is 348 g/mol. The summed E-state index contributed by atoms with van der Waals surface area (Å²) in [6.45, 7) is 11.0. The molecule has 2 aromatic rings. The van der Waals surface area contributed by atoms with Crippen LogP contribution in [-0.2, 0) is 6.42 Å². The number of halogens is 1. The standard InChI is InChI=1S/C20H27BrN2/c1-4-15-10-16(5-2)14(3)23(13-15)9-8-17-12-22-20-7-6-18(21)11-19(17)20/h4,6-7,11-12,14-16,22H,1,5,8-10,13H2,2-3H3. The van der Waals surface area contributed by atoms with Gasteiger partial charge in [0.05, 0.1) is 0 Å². The Morgan fingerprint density at radius 1 is 1.43 bits per heavy atom. The monoisotopic (exact) mass is 374 g/mol. The lowest BCUT2D eigenvalue weighted by Crippen LogP contribution is -2.47. The van der Waals surface area contributed by atoms with Crippen molar-refractivity contribution < 1.29 is 0 Å². The summed E-state index contributed by atoms with van der Waals surface area (Å²) < 4.78 is 1.15. The fourth-order valence-corrected chi connectivity index (χ4v) is 4.38. The molecule has 3 atom stereocenters. The highest BCUT2D eigenvalue weighted by Crippen LogP contribution is 2.31. The Labute approximate surface area is 148 Å². The summed E-state index contributed by atoms with van der Waals surface area (Å²) in [5.74, 6) is 1.44. The number of likely N-dealkylation sites (tertiary alicyclic amines) is 1. The number of nitrogens with one attached hydrogen (secondary N) is 1. The molecule has 1 aromatic carbocycles. The van der Waals surface area contributed by atoms with Crippen LogP contribution in [0.25, 0.3) is 10.9 Å². The maximum absolute atomic E-state index is 4.04. The average molecular weight is 375 g/mol. The van der Waals surface area contributed by atoms with Crippen LogP contribution < -0.4 is 0 Å². The van der Waals surface area contributed by atoms with Crippen molar-refractivity contribution in [2.75, 3.05) is 13.1 Å². The summed E-state index contributed by atoms with van der Waals surface area (Å²) >= 11 is 3.59. The first-order chi connectivity index (χ1) is 11.1. The molecule has 2 nitrogen and oxygen atoms in total. The summed E-state index contributed by atoms with van der Waals surface area (Å²) in [6, 6.07) is 7.14. The van der Waals surface area contributed by atoms with Crippen LogP contribution in [0.3, 0.4) is 0 Å². The lowest BCUT2D eigenvalue weighted by atomic mass is 9.82. The third-order valence-electron chi connectivity index (χ3n) is 5.59. The van der Waals surface area contributed by atoms with Crippen molar-refractivity contribution in [2.45, 2.75) is 39.2 Å². The Kier molecular flexibility index (Phi) is 5.27. The Bertz CT molecular complexity index is 675. The molecule has 124 valence electrons. The van der Waals surface area contributed by atoms with E-state index in [4.69, 9.17) is 0 Å². The van der Waals surface area contributed by atoms with Gasteiger partial charge >= 0.3 is 0 Å². The highest BCUT2D eigenvalue weighted by molar-refractivity contribution is 9.10. The molecular formula is C20H27BrN2. The normalized spacial score (nSPS) is 25.8. The topological polar surface area (TPSA) is 19.0 Å². The number of fused-ring (bicyclic) bond motifs is 1. The van der Waals surface area contributed by atoms with Crippen LogP contribution in [0.1, 0.15) is 32.3 Å². The van der Waals surface area contributed by atoms with Gasteiger partial charge in [-0.15, -0.1) is 6.58 Å². The molecule has 23 heavy (non-hydrogen) atoms. The highest BCUT2D eigenvalue weighted by Gasteiger charge is 2.30. The van der Waals surface area contributed by atoms with Crippen LogP contribution in [0.5, 0.6) is 0 Å². The minimum atomic E-state index is 0.647. The van der Waals surface area contributed by atoms with Crippen LogP contribution >= 0.6 is 15.9 Å². The van der Waals surface area contributed by atoms with Crippen molar-refractivity contribution in [3.63, 3.8) is 0 Å². The molecule has 0 radical (unpaired) electrons. The smallest absolute Gasteiger partial charge is 0.0457 e. The zero-order chi connectivity index (χ0) is 16.4. The summed E-state index contributed by atoms with van der Waals surface area (Å²) in [7, 11) is 0. The number of hydrogen-bond donors (Lipinski definition) is 1. The molecule has 1 aromatic heterocycles. The minimum Gasteiger partial charge on any atom is -0.361 e. The Balaban J connectivity index is 1.72. The van der Waals surface area contributed by atoms with Crippen LogP contribution in [0.2, 0.25) is 0 Å². The Hall–Kier alpha value is -1.06. The predicted octanol–water partition coefficient (Wildman–Crippen LogP) is 5.40. The van der Waals surface area contributed by atoms with Gasteiger partial charge in [0.25, 0.3) is 0 Å². The summed E-state index contributed by atoms with van der Waals surface area (Å²) in [5, 5.41) is 1.34. The Morgan fingerprint density at radius 2 is 2.26 bits per heavy atom. The second-order valence-corrected chi connectivity index (χ2v) is 7.80. The summed E-state index contributed by atoms with van der Waals surface area (Å²) in [5.41, 5.74) is 2.65. The van der Waals surface area contributed by atoms with Gasteiger partial charge in [-0.2, -0.15) is 0 Å². The molecule has 3 unspecified atom stereocenters. The zero-order valence-corrected chi connectivity index (χ0v) is 15.8. The number of benzene rings is 1. The molecule has 1 aliphatic heterocycles. The molecule has 0 aliphatic carbocycles. The number of hydrogen-bond acceptors (Lipinski definition) is 1. The van der Waals surface area contributed by atoms with Gasteiger partial charge in [0.1, 0.15) is 0 Å². The van der Waals surface area contributed by atoms with Gasteiger partial charge in [-0.25, -0.2) is 0 Å². The maximum atomic E-state index is 4.04. The molecule has 1 fully saturated rings. The molecule has 1 aliphatic rings. The number of H-pyrrole nitrogens is 1. The van der Waals surface area contributed by atoms with E-state index in [9.17, 15) is 0 Å². The van der Waals surface area contributed by atoms with Crippen LogP contribution in [-0.4, -0.2) is 29.0 Å². The second kappa shape index (κ2) is 7.23. The van der Waals surface area contributed by atoms with Crippen molar-refractivity contribution in [3.8, 4) is 0 Å². The van der Waals surface area contributed by atoms with E-state index in [0.717, 1.165) is 29.9 Å². The fraction of sp³-hybridized carbons (Fsp3) is 0.500. The lowest BCUT2D eigenvalue weighted by molar-refractivity contribution is 0.0797. The first-order valence-electron chi connectivity index (χ1n) is 8.74. The van der Waals surface area contributed by atoms with Gasteiger partial charge in [0.15, 0.2) is 0 Å². The number of aromatic nitrogens is 1.